The summed E-state index contributed by atoms with van der Waals surface area (Å²) >= 11 is 1.59. The third-order valence-electron chi connectivity index (χ3n) is 13.8. The Bertz CT molecular complexity index is 3230. The Morgan fingerprint density at radius 3 is 2.23 bits per heavy atom. The number of aliphatic hydroxyl groups excluding tert-OH is 1. The number of carbonyl (C=O) groups is 2. The summed E-state index contributed by atoms with van der Waals surface area (Å²) in [7, 11) is 0. The van der Waals surface area contributed by atoms with E-state index in [0.717, 1.165) is 21.7 Å². The lowest BCUT2D eigenvalue weighted by Crippen LogP contribution is -2.57. The lowest BCUT2D eigenvalue weighted by atomic mass is 9.85. The number of halogens is 1. The molecule has 8 rings (SSSR count). The smallest absolute Gasteiger partial charge is 0.340 e. The number of nitrogens with zero attached hydrogens (tertiary/aromatic N) is 7. The van der Waals surface area contributed by atoms with Gasteiger partial charge in [-0.3, -0.25) is 9.59 Å². The number of anilines is 1. The zero-order chi connectivity index (χ0) is 58.0. The molecule has 5 heterocycles. The van der Waals surface area contributed by atoms with Gasteiger partial charge in [0, 0.05) is 55.3 Å². The molecule has 0 aliphatic carbocycles. The summed E-state index contributed by atoms with van der Waals surface area (Å²) in [6.45, 7) is 16.6. The van der Waals surface area contributed by atoms with Gasteiger partial charge in [0.1, 0.15) is 28.9 Å². The van der Waals surface area contributed by atoms with Gasteiger partial charge < -0.3 is 58.8 Å². The number of rotatable bonds is 31. The average molecular weight is 1150 g/mol. The maximum Gasteiger partial charge on any atom is 0.340 e. The van der Waals surface area contributed by atoms with Gasteiger partial charge in [-0.05, 0) is 72.7 Å². The van der Waals surface area contributed by atoms with E-state index in [-0.39, 0.29) is 55.5 Å². The molecular formula is C59H73FN10O11S. The molecule has 82 heavy (non-hydrogen) atoms. The van der Waals surface area contributed by atoms with E-state index in [9.17, 15) is 19.5 Å². The third-order valence-corrected chi connectivity index (χ3v) is 14.8. The average Bonchev–Trinajstić information content (AvgIpc) is 4.34. The van der Waals surface area contributed by atoms with Crippen LogP contribution in [0.4, 0.5) is 10.1 Å². The molecule has 4 atom stereocenters. The van der Waals surface area contributed by atoms with E-state index in [4.69, 9.17) is 32.8 Å². The number of thiazole rings is 1. The highest BCUT2D eigenvalue weighted by Crippen LogP contribution is 2.31. The molecule has 0 bridgehead atoms. The van der Waals surface area contributed by atoms with E-state index < -0.39 is 35.0 Å². The van der Waals surface area contributed by atoms with Crippen LogP contribution in [-0.2, 0) is 52.8 Å². The number of benzene rings is 3. The quantitative estimate of drug-likeness (QED) is 0.0253. The minimum absolute atomic E-state index is 0.0348. The molecule has 0 saturated carbocycles. The zero-order valence-electron chi connectivity index (χ0n) is 47.2. The number of amides is 2. The number of hydrogen-bond donors (Lipinski definition) is 4. The molecule has 3 aromatic carbocycles. The minimum atomic E-state index is -0.802. The van der Waals surface area contributed by atoms with Gasteiger partial charge in [-0.1, -0.05) is 62.4 Å². The molecule has 23 heteroatoms. The fourth-order valence-corrected chi connectivity index (χ4v) is 10.2. The van der Waals surface area contributed by atoms with Crippen molar-refractivity contribution in [2.45, 2.75) is 91.7 Å². The Morgan fingerprint density at radius 2 is 1.56 bits per heavy atom. The van der Waals surface area contributed by atoms with Gasteiger partial charge in [0.05, 0.1) is 125 Å². The summed E-state index contributed by atoms with van der Waals surface area (Å²) in [6.07, 6.45) is 4.29. The molecule has 1 aliphatic rings. The van der Waals surface area contributed by atoms with Crippen LogP contribution in [0, 0.1) is 25.1 Å². The molecule has 1 saturated heterocycles. The Hall–Kier alpha value is -7.09. The first-order valence-corrected chi connectivity index (χ1v) is 28.3. The molecular weight excluding hydrogens is 1080 g/mol. The van der Waals surface area contributed by atoms with Crippen molar-refractivity contribution in [2.75, 3.05) is 84.5 Å². The van der Waals surface area contributed by atoms with Crippen molar-refractivity contribution in [3.05, 3.63) is 141 Å². The number of likely N-dealkylation sites (tertiary alicyclic amines) is 1. The van der Waals surface area contributed by atoms with Crippen molar-refractivity contribution in [1.29, 1.82) is 0 Å². The van der Waals surface area contributed by atoms with Crippen molar-refractivity contribution in [3.63, 3.8) is 0 Å². The second-order valence-corrected chi connectivity index (χ2v) is 21.8. The molecule has 1 fully saturated rings. The number of fused-ring (bicyclic) bond motifs is 1. The number of hydrogen-bond acceptors (Lipinski definition) is 19. The molecule has 438 valence electrons. The van der Waals surface area contributed by atoms with Crippen LogP contribution in [0.5, 0.6) is 11.8 Å². The Labute approximate surface area is 479 Å². The lowest BCUT2D eigenvalue weighted by molar-refractivity contribution is -0.142. The van der Waals surface area contributed by atoms with Gasteiger partial charge in [0.25, 0.3) is 0 Å². The van der Waals surface area contributed by atoms with Crippen molar-refractivity contribution < 1.29 is 51.9 Å². The minimum Gasteiger partial charge on any atom is -0.424 e. The van der Waals surface area contributed by atoms with Crippen molar-refractivity contribution in [3.8, 4) is 22.2 Å². The maximum atomic E-state index is 15.8. The topological polar surface area (TPSA) is 249 Å². The first kappa shape index (κ1) is 61.0. The predicted octanol–water partition coefficient (Wildman–Crippen LogP) is 6.98. The van der Waals surface area contributed by atoms with Crippen LogP contribution in [0.3, 0.4) is 0 Å². The summed E-state index contributed by atoms with van der Waals surface area (Å²) in [4.78, 5) is 55.9. The van der Waals surface area contributed by atoms with Gasteiger partial charge >= 0.3 is 11.6 Å². The Balaban J connectivity index is 0.635. The molecule has 7 aromatic rings. The second kappa shape index (κ2) is 29.8. The number of carbonyl (C=O) groups excluding carboxylic acids is 2. The number of ether oxygens (including phenoxy) is 6. The van der Waals surface area contributed by atoms with E-state index in [2.05, 4.69) is 41.2 Å². The second-order valence-electron chi connectivity index (χ2n) is 20.9. The van der Waals surface area contributed by atoms with Crippen LogP contribution < -0.4 is 26.3 Å². The van der Waals surface area contributed by atoms with E-state index in [1.807, 2.05) is 71.3 Å². The summed E-state index contributed by atoms with van der Waals surface area (Å²) < 4.78 is 57.1. The number of nitrogens with one attached hydrogen (secondary N) is 3. The van der Waals surface area contributed by atoms with Crippen LogP contribution in [0.25, 0.3) is 21.4 Å². The first-order chi connectivity index (χ1) is 39.6. The van der Waals surface area contributed by atoms with Crippen LogP contribution in [0.1, 0.15) is 73.8 Å². The molecule has 21 nitrogen and oxygen atoms in total. The molecule has 0 radical (unpaired) electrons. The van der Waals surface area contributed by atoms with Gasteiger partial charge in [-0.15, -0.1) is 16.4 Å². The molecule has 4 N–H and O–H groups in total. The van der Waals surface area contributed by atoms with E-state index in [1.54, 1.807) is 77.1 Å². The normalized spacial score (nSPS) is 15.2. The number of aryl methyl sites for hydroxylation is 2. The highest BCUT2D eigenvalue weighted by Gasteiger charge is 2.44. The highest BCUT2D eigenvalue weighted by molar-refractivity contribution is 7.13. The van der Waals surface area contributed by atoms with Gasteiger partial charge in [-0.25, -0.2) is 28.8 Å². The van der Waals surface area contributed by atoms with Crippen LogP contribution in [0.2, 0.25) is 0 Å². The molecule has 4 aromatic heterocycles. The monoisotopic (exact) mass is 1150 g/mol. The zero-order valence-corrected chi connectivity index (χ0v) is 48.0. The van der Waals surface area contributed by atoms with E-state index >= 15 is 4.39 Å². The number of aromatic nitrogens is 6. The van der Waals surface area contributed by atoms with Gasteiger partial charge in [-0.2, -0.15) is 0 Å². The predicted molar refractivity (Wildman–Crippen MR) is 306 cm³/mol. The van der Waals surface area contributed by atoms with Crippen LogP contribution in [0.15, 0.2) is 100 Å². The standard InChI is InChI=1S/C59H73FN10O11S/c1-38-47-16-15-46(80-58-62-17-8-18-63-58)33-51(47)81-57(74)48(38)31-43-9-7-10-49(52(43)60)64-34-44-35-69(68-67-44)20-22-76-24-26-78-28-30-79-29-27-77-25-23-75-21-19-61-54(59(4,5)6)56(73)70-36-45(71)32-50(70)55(72)66-39(2)41-11-13-42(14-12-41)53-40(3)65-37-82-53/h7-18,33,35,37,39,45,50,54,61,64,71H,19-32,34,36H2,1-6H3,(H,66,72)/t39-,45+,50-,54+/m0/s1. The summed E-state index contributed by atoms with van der Waals surface area (Å²) in [5.74, 6) is -0.603. The molecule has 1 aliphatic heterocycles. The number of aliphatic hydroxyl groups is 1. The Kier molecular flexibility index (Phi) is 22.1. The Morgan fingerprint density at radius 1 is 0.878 bits per heavy atom. The molecule has 2 amide bonds. The van der Waals surface area contributed by atoms with Gasteiger partial charge in [0.2, 0.25) is 11.8 Å². The highest BCUT2D eigenvalue weighted by atomic mass is 32.1. The first-order valence-electron chi connectivity index (χ1n) is 27.5. The lowest BCUT2D eigenvalue weighted by Gasteiger charge is -2.35. The van der Waals surface area contributed by atoms with Crippen molar-refractivity contribution in [1.82, 2.24) is 45.5 Å². The third kappa shape index (κ3) is 17.0. The van der Waals surface area contributed by atoms with Crippen LogP contribution >= 0.6 is 11.3 Å². The van der Waals surface area contributed by atoms with Crippen molar-refractivity contribution in [2.24, 2.45) is 5.41 Å². The molecule has 0 spiro atoms. The summed E-state index contributed by atoms with van der Waals surface area (Å²) in [5.41, 5.74) is 6.34. The maximum absolute atomic E-state index is 15.8. The summed E-state index contributed by atoms with van der Waals surface area (Å²) in [6, 6.07) is 18.3. The van der Waals surface area contributed by atoms with Gasteiger partial charge in [0.15, 0.2) is 0 Å². The van der Waals surface area contributed by atoms with E-state index in [1.165, 1.54) is 4.90 Å². The SMILES string of the molecule is Cc1ncsc1-c1ccc([C@H](C)NC(=O)[C@@H]2C[C@@H](O)CN2C(=O)[C@@H](NCCOCCOCCOCCOCCOCCn2cc(CNc3cccc(Cc4c(C)c5ccc(Oc6ncccn6)cc5oc4=O)c3F)nn2)C(C)(C)C)cc1. The largest absolute Gasteiger partial charge is 0.424 e. The van der Waals surface area contributed by atoms with Crippen LogP contribution in [-0.4, -0.2) is 149 Å². The van der Waals surface area contributed by atoms with E-state index in [0.29, 0.717) is 118 Å². The fourth-order valence-electron chi connectivity index (χ4n) is 9.39. The molecule has 0 unspecified atom stereocenters. The number of β-amino-alcohol motifs (C(OH)–C–C–N with tert-alkyl or cyclic N) is 1. The van der Waals surface area contributed by atoms with Crippen molar-refractivity contribution >= 4 is 39.8 Å². The summed E-state index contributed by atoms with van der Waals surface area (Å²) in [5, 5.41) is 29.2. The fraction of sp³-hybridized carbons (Fsp3) is 0.458.